The first-order chi connectivity index (χ1) is 12.1. The zero-order chi connectivity index (χ0) is 17.8. The van der Waals surface area contributed by atoms with Gasteiger partial charge in [-0.1, -0.05) is 35.9 Å². The van der Waals surface area contributed by atoms with Crippen LogP contribution in [0.15, 0.2) is 54.7 Å². The van der Waals surface area contributed by atoms with Crippen LogP contribution in [-0.4, -0.2) is 41.5 Å². The Morgan fingerprint density at radius 2 is 2.04 bits per heavy atom. The molecule has 2 heterocycles. The number of fused-ring (bicyclic) bond motifs is 1. The fraction of sp³-hybridized carbons (Fsp3) is 0.211. The highest BCUT2D eigenvalue weighted by molar-refractivity contribution is 6.35. The van der Waals surface area contributed by atoms with Gasteiger partial charge in [0.1, 0.15) is 5.69 Å². The van der Waals surface area contributed by atoms with Gasteiger partial charge in [0.2, 0.25) is 0 Å². The van der Waals surface area contributed by atoms with Crippen molar-refractivity contribution in [3.63, 3.8) is 0 Å². The Bertz CT molecular complexity index is 886. The molecule has 0 fully saturated rings. The van der Waals surface area contributed by atoms with Crippen LogP contribution in [0.25, 0.3) is 10.9 Å². The maximum absolute atomic E-state index is 12.9. The van der Waals surface area contributed by atoms with Crippen LogP contribution in [0, 0.1) is 0 Å². The molecule has 1 aromatic carbocycles. The molecule has 0 spiro atoms. The summed E-state index contributed by atoms with van der Waals surface area (Å²) in [6.07, 6.45) is 1.70. The lowest BCUT2D eigenvalue weighted by atomic mass is 10.1. The summed E-state index contributed by atoms with van der Waals surface area (Å²) in [5, 5.41) is 1.41. The van der Waals surface area contributed by atoms with Gasteiger partial charge in [0.05, 0.1) is 28.9 Å². The molecule has 0 bridgehead atoms. The molecule has 128 valence electrons. The molecule has 0 aliphatic rings. The van der Waals surface area contributed by atoms with Gasteiger partial charge in [-0.05, 0) is 24.3 Å². The minimum Gasteiger partial charge on any atom is -0.382 e. The Kier molecular flexibility index (Phi) is 5.26. The normalized spacial score (nSPS) is 12.1. The quantitative estimate of drug-likeness (QED) is 0.699. The van der Waals surface area contributed by atoms with Crippen LogP contribution in [0.4, 0.5) is 0 Å². The Hall–Kier alpha value is -2.50. The van der Waals surface area contributed by atoms with E-state index in [1.165, 1.54) is 0 Å². The number of pyridine rings is 2. The van der Waals surface area contributed by atoms with E-state index in [2.05, 4.69) is 9.97 Å². The standard InChI is InChI=1S/C19H18ClN3O2/c1-23(17(12-25-2)15-8-3-4-11-21-15)19(24)16-10-9-13-6-5-7-14(20)18(13)22-16/h3-11,17H,12H2,1-2H3. The van der Waals surface area contributed by atoms with Crippen molar-refractivity contribution in [1.82, 2.24) is 14.9 Å². The number of rotatable bonds is 5. The number of hydrogen-bond donors (Lipinski definition) is 0. The summed E-state index contributed by atoms with van der Waals surface area (Å²) in [5.74, 6) is -0.213. The molecule has 25 heavy (non-hydrogen) atoms. The molecule has 3 aromatic rings. The van der Waals surface area contributed by atoms with Gasteiger partial charge in [-0.25, -0.2) is 4.98 Å². The number of hydrogen-bond acceptors (Lipinski definition) is 4. The molecular weight excluding hydrogens is 338 g/mol. The number of ether oxygens (including phenoxy) is 1. The summed E-state index contributed by atoms with van der Waals surface area (Å²) < 4.78 is 5.28. The fourth-order valence-electron chi connectivity index (χ4n) is 2.68. The minimum atomic E-state index is -0.303. The third kappa shape index (κ3) is 3.62. The minimum absolute atomic E-state index is 0.213. The highest BCUT2D eigenvalue weighted by Gasteiger charge is 2.24. The van der Waals surface area contributed by atoms with Crippen molar-refractivity contribution in [3.8, 4) is 0 Å². The molecule has 2 aromatic heterocycles. The predicted octanol–water partition coefficient (Wildman–Crippen LogP) is 3.74. The van der Waals surface area contributed by atoms with Crippen molar-refractivity contribution in [1.29, 1.82) is 0 Å². The van der Waals surface area contributed by atoms with Gasteiger partial charge in [-0.2, -0.15) is 0 Å². The summed E-state index contributed by atoms with van der Waals surface area (Å²) in [4.78, 5) is 23.3. The van der Waals surface area contributed by atoms with Crippen LogP contribution >= 0.6 is 11.6 Å². The van der Waals surface area contributed by atoms with E-state index in [-0.39, 0.29) is 11.9 Å². The lowest BCUT2D eigenvalue weighted by molar-refractivity contribution is 0.0590. The first-order valence-electron chi connectivity index (χ1n) is 7.84. The van der Waals surface area contributed by atoms with Gasteiger partial charge in [-0.15, -0.1) is 0 Å². The second-order valence-corrected chi connectivity index (χ2v) is 6.06. The van der Waals surface area contributed by atoms with Crippen molar-refractivity contribution < 1.29 is 9.53 Å². The van der Waals surface area contributed by atoms with E-state index in [4.69, 9.17) is 16.3 Å². The molecule has 1 atom stereocenters. The van der Waals surface area contributed by atoms with E-state index in [1.807, 2.05) is 36.4 Å². The third-order valence-corrected chi connectivity index (χ3v) is 4.34. The monoisotopic (exact) mass is 355 g/mol. The van der Waals surface area contributed by atoms with E-state index in [1.54, 1.807) is 37.4 Å². The first kappa shape index (κ1) is 17.3. The van der Waals surface area contributed by atoms with E-state index >= 15 is 0 Å². The molecule has 3 rings (SSSR count). The molecule has 1 unspecified atom stereocenters. The number of halogens is 1. The van der Waals surface area contributed by atoms with E-state index in [9.17, 15) is 4.79 Å². The van der Waals surface area contributed by atoms with Crippen LogP contribution in [-0.2, 0) is 4.74 Å². The molecular formula is C19H18ClN3O2. The van der Waals surface area contributed by atoms with Crippen LogP contribution in [0.5, 0.6) is 0 Å². The topological polar surface area (TPSA) is 55.3 Å². The van der Waals surface area contributed by atoms with Crippen molar-refractivity contribution in [2.45, 2.75) is 6.04 Å². The van der Waals surface area contributed by atoms with Gasteiger partial charge in [-0.3, -0.25) is 9.78 Å². The molecule has 6 heteroatoms. The molecule has 0 N–H and O–H groups in total. The number of methoxy groups -OCH3 is 1. The smallest absolute Gasteiger partial charge is 0.272 e. The molecule has 0 saturated heterocycles. The first-order valence-corrected chi connectivity index (χ1v) is 8.22. The molecule has 0 aliphatic carbocycles. The average molecular weight is 356 g/mol. The van der Waals surface area contributed by atoms with Gasteiger partial charge in [0, 0.05) is 25.7 Å². The second-order valence-electron chi connectivity index (χ2n) is 5.65. The molecule has 1 amide bonds. The zero-order valence-corrected chi connectivity index (χ0v) is 14.8. The number of carbonyl (C=O) groups excluding carboxylic acids is 1. The van der Waals surface area contributed by atoms with Crippen molar-refractivity contribution in [2.75, 3.05) is 20.8 Å². The van der Waals surface area contributed by atoms with Crippen molar-refractivity contribution in [2.24, 2.45) is 0 Å². The highest BCUT2D eigenvalue weighted by atomic mass is 35.5. The Morgan fingerprint density at radius 1 is 1.20 bits per heavy atom. The number of amides is 1. The molecule has 0 aliphatic heterocycles. The summed E-state index contributed by atoms with van der Waals surface area (Å²) >= 11 is 6.20. The lowest BCUT2D eigenvalue weighted by Gasteiger charge is -2.27. The summed E-state index contributed by atoms with van der Waals surface area (Å²) in [6, 6.07) is 14.4. The zero-order valence-electron chi connectivity index (χ0n) is 14.0. The number of likely N-dealkylation sites (N-methyl/N-ethyl adjacent to an activating group) is 1. The Morgan fingerprint density at radius 3 is 2.76 bits per heavy atom. The fourth-order valence-corrected chi connectivity index (χ4v) is 2.90. The van der Waals surface area contributed by atoms with Gasteiger partial charge in [0.25, 0.3) is 5.91 Å². The van der Waals surface area contributed by atoms with E-state index in [0.717, 1.165) is 11.1 Å². The van der Waals surface area contributed by atoms with E-state index < -0.39 is 0 Å². The van der Waals surface area contributed by atoms with Gasteiger partial charge < -0.3 is 9.64 Å². The van der Waals surface area contributed by atoms with Crippen LogP contribution in [0.1, 0.15) is 22.2 Å². The van der Waals surface area contributed by atoms with Crippen molar-refractivity contribution >= 4 is 28.4 Å². The number of nitrogens with zero attached hydrogens (tertiary/aromatic N) is 3. The maximum atomic E-state index is 12.9. The molecule has 0 saturated carbocycles. The second kappa shape index (κ2) is 7.59. The summed E-state index contributed by atoms with van der Waals surface area (Å²) in [5.41, 5.74) is 1.71. The van der Waals surface area contributed by atoms with Gasteiger partial charge >= 0.3 is 0 Å². The SMILES string of the molecule is COCC(c1ccccn1)N(C)C(=O)c1ccc2cccc(Cl)c2n1. The predicted molar refractivity (Wildman–Crippen MR) is 97.7 cm³/mol. The van der Waals surface area contributed by atoms with E-state index in [0.29, 0.717) is 22.8 Å². The number of carbonyl (C=O) groups is 1. The largest absolute Gasteiger partial charge is 0.382 e. The third-order valence-electron chi connectivity index (χ3n) is 4.03. The maximum Gasteiger partial charge on any atom is 0.272 e. The lowest BCUT2D eigenvalue weighted by Crippen LogP contribution is -2.34. The number of aromatic nitrogens is 2. The highest BCUT2D eigenvalue weighted by Crippen LogP contribution is 2.24. The molecule has 0 radical (unpaired) electrons. The number of benzene rings is 1. The molecule has 5 nitrogen and oxygen atoms in total. The average Bonchev–Trinajstić information content (AvgIpc) is 2.66. The van der Waals surface area contributed by atoms with Crippen molar-refractivity contribution in [3.05, 3.63) is 71.1 Å². The Labute approximate surface area is 151 Å². The van der Waals surface area contributed by atoms with Crippen LogP contribution in [0.3, 0.4) is 0 Å². The van der Waals surface area contributed by atoms with Crippen LogP contribution in [0.2, 0.25) is 5.02 Å². The number of para-hydroxylation sites is 1. The summed E-state index contributed by atoms with van der Waals surface area (Å²) in [6.45, 7) is 0.341. The summed E-state index contributed by atoms with van der Waals surface area (Å²) in [7, 11) is 3.32. The van der Waals surface area contributed by atoms with Gasteiger partial charge in [0.15, 0.2) is 0 Å². The van der Waals surface area contributed by atoms with Crippen LogP contribution < -0.4 is 0 Å². The Balaban J connectivity index is 1.94.